The topological polar surface area (TPSA) is 99.6 Å². The molecule has 2 heterocycles. The number of nitrogens with zero attached hydrogens (tertiary/aromatic N) is 2. The molecule has 6 aromatic rings. The maximum absolute atomic E-state index is 14.1. The van der Waals surface area contributed by atoms with Gasteiger partial charge in [0, 0.05) is 48.3 Å². The molecule has 0 aliphatic heterocycles. The summed E-state index contributed by atoms with van der Waals surface area (Å²) in [6.45, 7) is 0.353. The van der Waals surface area contributed by atoms with E-state index in [2.05, 4.69) is 15.0 Å². The summed E-state index contributed by atoms with van der Waals surface area (Å²) in [7, 11) is 3.31. The van der Waals surface area contributed by atoms with Gasteiger partial charge < -0.3 is 24.7 Å². The van der Waals surface area contributed by atoms with Crippen LogP contribution in [0.3, 0.4) is 0 Å². The fraction of sp³-hybridized carbons (Fsp3) is 0.189. The zero-order valence-corrected chi connectivity index (χ0v) is 26.2. The minimum absolute atomic E-state index is 0.0753. The van der Waals surface area contributed by atoms with Gasteiger partial charge in [-0.1, -0.05) is 60.7 Å². The molecule has 8 nitrogen and oxygen atoms in total. The van der Waals surface area contributed by atoms with Crippen molar-refractivity contribution >= 4 is 33.5 Å². The van der Waals surface area contributed by atoms with Crippen LogP contribution in [0, 0.1) is 0 Å². The summed E-state index contributed by atoms with van der Waals surface area (Å²) >= 11 is 0. The minimum atomic E-state index is -4.87. The molecule has 11 heteroatoms. The highest BCUT2D eigenvalue weighted by atomic mass is 19.4. The van der Waals surface area contributed by atoms with Crippen molar-refractivity contribution in [2.45, 2.75) is 25.1 Å². The number of H-pyrrole nitrogens is 1. The molecule has 1 atom stereocenters. The van der Waals surface area contributed by atoms with Crippen LogP contribution < -0.4 is 20.5 Å². The van der Waals surface area contributed by atoms with Crippen molar-refractivity contribution < 1.29 is 27.8 Å². The average Bonchev–Trinajstić information content (AvgIpc) is 3.45. The maximum atomic E-state index is 14.1. The fourth-order valence-corrected chi connectivity index (χ4v) is 6.19. The van der Waals surface area contributed by atoms with E-state index in [4.69, 9.17) is 0 Å². The van der Waals surface area contributed by atoms with E-state index in [1.807, 2.05) is 54.6 Å². The van der Waals surface area contributed by atoms with Crippen molar-refractivity contribution in [1.29, 1.82) is 0 Å². The number of pyridine rings is 1. The van der Waals surface area contributed by atoms with E-state index in [0.717, 1.165) is 22.2 Å². The van der Waals surface area contributed by atoms with Gasteiger partial charge in [-0.05, 0) is 66.4 Å². The molecular weight excluding hydrogens is 621 g/mol. The van der Waals surface area contributed by atoms with Crippen LogP contribution in [0.15, 0.2) is 108 Å². The van der Waals surface area contributed by atoms with E-state index in [1.165, 1.54) is 33.7 Å². The third-order valence-corrected chi connectivity index (χ3v) is 8.51. The number of alkyl halides is 3. The number of nitrogens with one attached hydrogen (secondary N) is 2. The highest BCUT2D eigenvalue weighted by Gasteiger charge is 2.33. The molecule has 0 aliphatic rings. The first-order valence-electron chi connectivity index (χ1n) is 15.4. The number of aromatic hydroxyl groups is 1. The molecule has 0 saturated carbocycles. The molecule has 4 aromatic carbocycles. The number of para-hydroxylation sites is 3. The number of halogens is 3. The summed E-state index contributed by atoms with van der Waals surface area (Å²) in [5.74, 6) is -1.52. The van der Waals surface area contributed by atoms with Crippen LogP contribution in [0.5, 0.6) is 11.5 Å². The number of rotatable bonds is 9. The average molecular weight is 655 g/mol. The molecule has 2 aromatic heterocycles. The van der Waals surface area contributed by atoms with Crippen molar-refractivity contribution in [2.24, 2.45) is 7.05 Å². The number of hydrogen-bond acceptors (Lipinski definition) is 4. The fourth-order valence-electron chi connectivity index (χ4n) is 6.19. The zero-order valence-electron chi connectivity index (χ0n) is 26.2. The number of fused-ring (bicyclic) bond motifs is 2. The van der Waals surface area contributed by atoms with Crippen LogP contribution in [0.2, 0.25) is 0 Å². The molecule has 0 radical (unpaired) electrons. The van der Waals surface area contributed by atoms with Crippen LogP contribution in [0.25, 0.3) is 21.8 Å². The Morgan fingerprint density at radius 3 is 2.29 bits per heavy atom. The summed E-state index contributed by atoms with van der Waals surface area (Å²) in [4.78, 5) is 31.9. The monoisotopic (exact) mass is 654 g/mol. The summed E-state index contributed by atoms with van der Waals surface area (Å²) in [5.41, 5.74) is 3.62. The number of anilines is 1. The normalized spacial score (nSPS) is 12.3. The van der Waals surface area contributed by atoms with E-state index in [-0.39, 0.29) is 17.3 Å². The van der Waals surface area contributed by atoms with Gasteiger partial charge in [-0.2, -0.15) is 0 Å². The highest BCUT2D eigenvalue weighted by molar-refractivity contribution is 5.91. The molecule has 0 aliphatic carbocycles. The van der Waals surface area contributed by atoms with Crippen molar-refractivity contribution in [3.8, 4) is 11.5 Å². The van der Waals surface area contributed by atoms with Gasteiger partial charge in [0.05, 0.1) is 17.0 Å². The molecule has 0 bridgehead atoms. The van der Waals surface area contributed by atoms with E-state index in [0.29, 0.717) is 41.5 Å². The summed E-state index contributed by atoms with van der Waals surface area (Å²) in [5, 5.41) is 16.0. The molecule has 3 N–H and O–H groups in total. The van der Waals surface area contributed by atoms with E-state index < -0.39 is 23.6 Å². The second-order valence-corrected chi connectivity index (χ2v) is 11.5. The van der Waals surface area contributed by atoms with Crippen molar-refractivity contribution in [1.82, 2.24) is 14.9 Å². The highest BCUT2D eigenvalue weighted by Crippen LogP contribution is 2.41. The lowest BCUT2D eigenvalue weighted by molar-refractivity contribution is -0.274. The Kier molecular flexibility index (Phi) is 8.86. The lowest BCUT2D eigenvalue weighted by atomic mass is 9.85. The lowest BCUT2D eigenvalue weighted by Crippen LogP contribution is -2.37. The van der Waals surface area contributed by atoms with Crippen molar-refractivity contribution in [3.05, 3.63) is 136 Å². The predicted octanol–water partition coefficient (Wildman–Crippen LogP) is 7.58. The maximum Gasteiger partial charge on any atom is 0.573 e. The summed E-state index contributed by atoms with van der Waals surface area (Å²) < 4.78 is 44.6. The largest absolute Gasteiger partial charge is 0.573 e. The Balaban J connectivity index is 1.42. The molecule has 246 valence electrons. The van der Waals surface area contributed by atoms with Gasteiger partial charge in [-0.15, -0.1) is 13.2 Å². The molecule has 0 saturated heterocycles. The number of benzene rings is 4. The number of ether oxygens (including phenoxy) is 1. The number of carbonyl (C=O) groups is 1. The van der Waals surface area contributed by atoms with Gasteiger partial charge in [0.1, 0.15) is 11.5 Å². The minimum Gasteiger partial charge on any atom is -0.507 e. The molecule has 2 amide bonds. The van der Waals surface area contributed by atoms with Gasteiger partial charge in [-0.3, -0.25) is 9.69 Å². The molecule has 0 spiro atoms. The number of aryl methyl sites for hydroxylation is 2. The van der Waals surface area contributed by atoms with E-state index >= 15 is 0 Å². The smallest absolute Gasteiger partial charge is 0.507 e. The number of amides is 2. The Labute approximate surface area is 274 Å². The standard InChI is InChI=1S/C37H33F3N4O4/c1-43(24-11-4-3-5-12-24)36(47)41-22-10-15-27-26-13-6-8-16-29(26)42-33(27)31(23-18-20-25(21-19-23)48-37(38,39)40)32-34(45)28-14-7-9-17-30(28)44(2)35(32)46/h3-9,11-14,16-21,31,42,45H,10,15,22H2,1-2H3,(H,41,47). The molecule has 0 fully saturated rings. The third-order valence-electron chi connectivity index (χ3n) is 8.51. The predicted molar refractivity (Wildman–Crippen MR) is 180 cm³/mol. The van der Waals surface area contributed by atoms with Gasteiger partial charge in [0.2, 0.25) is 0 Å². The zero-order chi connectivity index (χ0) is 34.0. The number of aromatic amines is 1. The second-order valence-electron chi connectivity index (χ2n) is 11.5. The van der Waals surface area contributed by atoms with Gasteiger partial charge in [-0.25, -0.2) is 4.79 Å². The first-order chi connectivity index (χ1) is 23.0. The molecule has 6 rings (SSSR count). The molecule has 1 unspecified atom stereocenters. The Morgan fingerprint density at radius 1 is 0.938 bits per heavy atom. The molecular formula is C37H33F3N4O4. The molecule has 48 heavy (non-hydrogen) atoms. The third kappa shape index (κ3) is 6.44. The van der Waals surface area contributed by atoms with Crippen LogP contribution >= 0.6 is 0 Å². The van der Waals surface area contributed by atoms with Gasteiger partial charge in [0.25, 0.3) is 5.56 Å². The van der Waals surface area contributed by atoms with Crippen LogP contribution in [-0.2, 0) is 13.5 Å². The quantitative estimate of drug-likeness (QED) is 0.140. The second kappa shape index (κ2) is 13.2. The lowest BCUT2D eigenvalue weighted by Gasteiger charge is -2.22. The van der Waals surface area contributed by atoms with Gasteiger partial charge in [0.15, 0.2) is 0 Å². The SMILES string of the molecule is CN(C(=O)NCCCc1c(C(c2ccc(OC(F)(F)F)cc2)c2c(O)c3ccccc3n(C)c2=O)[nH]c2ccccc12)c1ccccc1. The van der Waals surface area contributed by atoms with Crippen LogP contribution in [0.1, 0.15) is 34.7 Å². The number of hydrogen-bond donors (Lipinski definition) is 3. The van der Waals surface area contributed by atoms with Crippen molar-refractivity contribution in [2.75, 3.05) is 18.5 Å². The Morgan fingerprint density at radius 2 is 1.58 bits per heavy atom. The van der Waals surface area contributed by atoms with E-state index in [9.17, 15) is 27.9 Å². The first kappa shape index (κ1) is 32.2. The van der Waals surface area contributed by atoms with Crippen LogP contribution in [0.4, 0.5) is 23.7 Å². The number of aromatic nitrogens is 2. The van der Waals surface area contributed by atoms with Crippen molar-refractivity contribution in [3.63, 3.8) is 0 Å². The number of urea groups is 1. The first-order valence-corrected chi connectivity index (χ1v) is 15.4. The van der Waals surface area contributed by atoms with Gasteiger partial charge >= 0.3 is 12.4 Å². The Hall–Kier alpha value is -5.71. The summed E-state index contributed by atoms with van der Waals surface area (Å²) in [6, 6.07) is 28.9. The Bertz CT molecular complexity index is 2140. The van der Waals surface area contributed by atoms with E-state index in [1.54, 1.807) is 38.4 Å². The van der Waals surface area contributed by atoms with Crippen LogP contribution in [-0.4, -0.2) is 40.6 Å². The number of carbonyl (C=O) groups excluding carboxylic acids is 1. The summed E-state index contributed by atoms with van der Waals surface area (Å²) in [6.07, 6.45) is -3.85.